The van der Waals surface area contributed by atoms with Gasteiger partial charge >= 0.3 is 12.2 Å². The number of amides is 2. The average molecular weight is 436 g/mol. The molecule has 2 amide bonds. The molecule has 0 unspecified atom stereocenters. The minimum absolute atomic E-state index is 0.124. The largest absolute Gasteiger partial charge is 0.416 e. The van der Waals surface area contributed by atoms with Crippen LogP contribution in [0.4, 0.5) is 18.0 Å². The van der Waals surface area contributed by atoms with Crippen molar-refractivity contribution in [2.45, 2.75) is 57.2 Å². The highest BCUT2D eigenvalue weighted by molar-refractivity contribution is 7.09. The molecule has 0 spiro atoms. The van der Waals surface area contributed by atoms with E-state index in [9.17, 15) is 18.0 Å². The van der Waals surface area contributed by atoms with Gasteiger partial charge < -0.3 is 5.32 Å². The molecule has 0 radical (unpaired) electrons. The zero-order valence-electron chi connectivity index (χ0n) is 16.7. The molecule has 2 aromatic rings. The summed E-state index contributed by atoms with van der Waals surface area (Å²) in [4.78, 5) is 18.5. The number of hydrogen-bond donors (Lipinski definition) is 1. The van der Waals surface area contributed by atoms with Gasteiger partial charge in [0.25, 0.3) is 0 Å². The van der Waals surface area contributed by atoms with Crippen LogP contribution in [0.2, 0.25) is 0 Å². The number of nitrogens with zero attached hydrogens (tertiary/aromatic N) is 2. The van der Waals surface area contributed by atoms with Crippen LogP contribution in [0, 0.1) is 24.7 Å². The Bertz CT molecular complexity index is 1000. The Morgan fingerprint density at radius 2 is 1.67 bits per heavy atom. The van der Waals surface area contributed by atoms with E-state index in [1.807, 2.05) is 6.92 Å². The number of aromatic nitrogens is 1. The van der Waals surface area contributed by atoms with E-state index < -0.39 is 11.7 Å². The first kappa shape index (κ1) is 19.8. The summed E-state index contributed by atoms with van der Waals surface area (Å²) in [5.74, 6) is 2.16. The molecule has 4 aliphatic rings. The van der Waals surface area contributed by atoms with E-state index in [-0.39, 0.29) is 11.6 Å². The molecule has 4 fully saturated rings. The van der Waals surface area contributed by atoms with Crippen LogP contribution in [0.1, 0.15) is 49.0 Å². The lowest BCUT2D eigenvalue weighted by atomic mass is 9.53. The minimum atomic E-state index is -4.38. The highest BCUT2D eigenvalue weighted by Crippen LogP contribution is 2.55. The maximum Gasteiger partial charge on any atom is 0.416 e. The summed E-state index contributed by atoms with van der Waals surface area (Å²) >= 11 is 1.35. The Labute approximate surface area is 176 Å². The molecule has 1 N–H and O–H groups in total. The fourth-order valence-electron chi connectivity index (χ4n) is 6.13. The van der Waals surface area contributed by atoms with Gasteiger partial charge in [0.1, 0.15) is 0 Å². The Morgan fingerprint density at radius 3 is 2.20 bits per heavy atom. The Balaban J connectivity index is 1.40. The fraction of sp³-hybridized carbons (Fsp3) is 0.545. The summed E-state index contributed by atoms with van der Waals surface area (Å²) in [6, 6.07) is 4.57. The van der Waals surface area contributed by atoms with Gasteiger partial charge in [0.15, 0.2) is 4.80 Å². The summed E-state index contributed by atoms with van der Waals surface area (Å²) in [5.41, 5.74) is -0.272. The Morgan fingerprint density at radius 1 is 1.10 bits per heavy atom. The number of carbonyl (C=O) groups is 1. The van der Waals surface area contributed by atoms with E-state index in [0.29, 0.717) is 10.5 Å². The molecule has 6 rings (SSSR count). The van der Waals surface area contributed by atoms with Crippen molar-refractivity contribution in [3.05, 3.63) is 45.7 Å². The summed E-state index contributed by atoms with van der Waals surface area (Å²) in [7, 11) is 0. The maximum absolute atomic E-state index is 12.9. The van der Waals surface area contributed by atoms with Gasteiger partial charge in [-0.05, 0) is 87.5 Å². The molecule has 4 saturated carbocycles. The molecule has 0 atom stereocenters. The lowest BCUT2D eigenvalue weighted by Gasteiger charge is -2.56. The summed E-state index contributed by atoms with van der Waals surface area (Å²) < 4.78 is 40.2. The number of nitrogens with one attached hydrogen (secondary N) is 1. The quantitative estimate of drug-likeness (QED) is 0.670. The lowest BCUT2D eigenvalue weighted by molar-refractivity contribution is -0.137. The highest BCUT2D eigenvalue weighted by Gasteiger charge is 2.51. The topological polar surface area (TPSA) is 46.4 Å². The standard InChI is InChI=1S/C22H24F3N3OS/c1-13-12-28(18-4-2-17(3-5-18)22(23,24)25)20(30-13)26-19(29)27-21-9-14-6-15(10-21)8-16(7-14)11-21/h2-5,12,14-16H,6-11H2,1H3,(H,27,29)/b26-20-. The fourth-order valence-corrected chi connectivity index (χ4v) is 6.97. The van der Waals surface area contributed by atoms with E-state index in [4.69, 9.17) is 0 Å². The van der Waals surface area contributed by atoms with Crippen LogP contribution in [0.5, 0.6) is 0 Å². The summed E-state index contributed by atoms with van der Waals surface area (Å²) in [5, 5.41) is 3.23. The van der Waals surface area contributed by atoms with Gasteiger partial charge in [-0.3, -0.25) is 4.57 Å². The van der Waals surface area contributed by atoms with E-state index in [2.05, 4.69) is 10.3 Å². The van der Waals surface area contributed by atoms with Crippen LogP contribution in [0.15, 0.2) is 35.5 Å². The van der Waals surface area contributed by atoms with Crippen LogP contribution in [0.25, 0.3) is 5.69 Å². The summed E-state index contributed by atoms with van der Waals surface area (Å²) in [6.07, 6.45) is 4.44. The first-order chi connectivity index (χ1) is 14.2. The molecule has 0 saturated heterocycles. The Kier molecular flexibility index (Phi) is 4.61. The van der Waals surface area contributed by atoms with E-state index in [1.54, 1.807) is 10.8 Å². The number of benzene rings is 1. The van der Waals surface area contributed by atoms with Gasteiger partial charge in [-0.25, -0.2) is 4.79 Å². The van der Waals surface area contributed by atoms with Crippen LogP contribution in [-0.4, -0.2) is 16.1 Å². The van der Waals surface area contributed by atoms with Crippen molar-refractivity contribution in [2.24, 2.45) is 22.7 Å². The van der Waals surface area contributed by atoms with Crippen molar-refractivity contribution in [3.63, 3.8) is 0 Å². The predicted molar refractivity (Wildman–Crippen MR) is 108 cm³/mol. The third kappa shape index (κ3) is 3.70. The number of alkyl halides is 3. The van der Waals surface area contributed by atoms with Crippen LogP contribution in [-0.2, 0) is 6.18 Å². The first-order valence-electron chi connectivity index (χ1n) is 10.4. The van der Waals surface area contributed by atoms with Gasteiger partial charge in [-0.1, -0.05) is 0 Å². The normalized spacial score (nSPS) is 30.7. The van der Waals surface area contributed by atoms with Crippen molar-refractivity contribution >= 4 is 17.4 Å². The Hall–Kier alpha value is -2.09. The monoisotopic (exact) mass is 435 g/mol. The molecule has 1 aromatic heterocycles. The number of hydrogen-bond acceptors (Lipinski definition) is 2. The average Bonchev–Trinajstić information content (AvgIpc) is 2.99. The van der Waals surface area contributed by atoms with Crippen LogP contribution >= 0.6 is 11.3 Å². The molecule has 1 aromatic carbocycles. The molecule has 8 heteroatoms. The second kappa shape index (κ2) is 6.97. The molecular weight excluding hydrogens is 411 g/mol. The maximum atomic E-state index is 12.9. The third-order valence-corrected chi connectivity index (χ3v) is 7.75. The zero-order valence-corrected chi connectivity index (χ0v) is 17.5. The molecular formula is C22H24F3N3OS. The molecule has 30 heavy (non-hydrogen) atoms. The predicted octanol–water partition coefficient (Wildman–Crippen LogP) is 5.45. The molecule has 1 heterocycles. The van der Waals surface area contributed by atoms with Crippen molar-refractivity contribution in [3.8, 4) is 5.69 Å². The molecule has 4 bridgehead atoms. The number of thiazole rings is 1. The number of urea groups is 1. The number of halogens is 3. The lowest BCUT2D eigenvalue weighted by Crippen LogP contribution is -2.59. The molecule has 4 nitrogen and oxygen atoms in total. The van der Waals surface area contributed by atoms with E-state index >= 15 is 0 Å². The van der Waals surface area contributed by atoms with Gasteiger partial charge in [0.05, 0.1) is 5.56 Å². The molecule has 0 aliphatic heterocycles. The minimum Gasteiger partial charge on any atom is -0.331 e. The number of carbonyl (C=O) groups excluding carboxylic acids is 1. The molecule has 4 aliphatic carbocycles. The number of aryl methyl sites for hydroxylation is 1. The van der Waals surface area contributed by atoms with Crippen LogP contribution in [0.3, 0.4) is 0 Å². The second-order valence-electron chi connectivity index (χ2n) is 9.28. The zero-order chi connectivity index (χ0) is 21.1. The van der Waals surface area contributed by atoms with Gasteiger partial charge in [0.2, 0.25) is 0 Å². The van der Waals surface area contributed by atoms with Gasteiger partial charge in [-0.15, -0.1) is 11.3 Å². The smallest absolute Gasteiger partial charge is 0.331 e. The first-order valence-corrected chi connectivity index (χ1v) is 11.2. The second-order valence-corrected chi connectivity index (χ2v) is 10.5. The summed E-state index contributed by atoms with van der Waals surface area (Å²) in [6.45, 7) is 1.89. The van der Waals surface area contributed by atoms with Gasteiger partial charge in [-0.2, -0.15) is 18.2 Å². The third-order valence-electron chi connectivity index (χ3n) is 6.85. The number of rotatable bonds is 2. The van der Waals surface area contributed by atoms with Crippen molar-refractivity contribution in [2.75, 3.05) is 0 Å². The van der Waals surface area contributed by atoms with Crippen LogP contribution < -0.4 is 10.1 Å². The van der Waals surface area contributed by atoms with Crippen molar-refractivity contribution < 1.29 is 18.0 Å². The van der Waals surface area contributed by atoms with Crippen molar-refractivity contribution in [1.82, 2.24) is 9.88 Å². The SMILES string of the molecule is Cc1cn(-c2ccc(C(F)(F)F)cc2)/c(=N/C(=O)NC23CC4CC(CC(C4)C2)C3)s1. The highest BCUT2D eigenvalue weighted by atomic mass is 32.1. The van der Waals surface area contributed by atoms with Crippen molar-refractivity contribution in [1.29, 1.82) is 0 Å². The van der Waals surface area contributed by atoms with E-state index in [1.165, 1.54) is 42.7 Å². The molecule has 160 valence electrons. The van der Waals surface area contributed by atoms with Gasteiger partial charge in [0, 0.05) is 22.3 Å². The van der Waals surface area contributed by atoms with E-state index in [0.717, 1.165) is 54.0 Å².